The number of carbonyl (C=O) groups excluding carboxylic acids is 1. The molecule has 2 N–H and O–H groups in total. The smallest absolute Gasteiger partial charge is 0.337 e. The van der Waals surface area contributed by atoms with Crippen molar-refractivity contribution in [2.45, 2.75) is 18.6 Å². The number of hydrogen-bond acceptors (Lipinski definition) is 3. The standard InChI is InChI=1S/C14H17ClN2O3S/c1-14(2)8-17(5-6-21-14)13(20)16-9-3-4-11(15)10(7-9)12(18)19/h3-4,7H,5-6,8H2,1-2H3,(H,16,20)(H,18,19). The molecule has 1 fully saturated rings. The lowest BCUT2D eigenvalue weighted by Gasteiger charge is -2.37. The molecule has 1 aromatic carbocycles. The van der Waals surface area contributed by atoms with Crippen LogP contribution in [0.2, 0.25) is 5.02 Å². The number of carboxylic acid groups (broad SMARTS) is 1. The Morgan fingerprint density at radius 3 is 2.76 bits per heavy atom. The van der Waals surface area contributed by atoms with Gasteiger partial charge >= 0.3 is 12.0 Å². The molecule has 114 valence electrons. The molecule has 1 saturated heterocycles. The zero-order valence-electron chi connectivity index (χ0n) is 11.9. The third-order valence-corrected chi connectivity index (χ3v) is 4.79. The maximum Gasteiger partial charge on any atom is 0.337 e. The van der Waals surface area contributed by atoms with Gasteiger partial charge in [0.15, 0.2) is 0 Å². The van der Waals surface area contributed by atoms with Gasteiger partial charge in [-0.25, -0.2) is 9.59 Å². The molecule has 0 unspecified atom stereocenters. The number of carboxylic acids is 1. The Kier molecular flexibility index (Phi) is 4.68. The van der Waals surface area contributed by atoms with Crippen molar-refractivity contribution < 1.29 is 14.7 Å². The molecule has 0 aliphatic carbocycles. The lowest BCUT2D eigenvalue weighted by atomic mass is 10.2. The Balaban J connectivity index is 2.09. The molecule has 0 spiro atoms. The molecule has 0 aromatic heterocycles. The van der Waals surface area contributed by atoms with Crippen molar-refractivity contribution in [2.75, 3.05) is 24.2 Å². The van der Waals surface area contributed by atoms with Crippen LogP contribution in [0.1, 0.15) is 24.2 Å². The number of benzene rings is 1. The molecule has 2 rings (SSSR count). The number of hydrogen-bond donors (Lipinski definition) is 2. The summed E-state index contributed by atoms with van der Waals surface area (Å²) in [5.41, 5.74) is 0.404. The summed E-state index contributed by atoms with van der Waals surface area (Å²) in [4.78, 5) is 25.0. The molecular formula is C14H17ClN2O3S. The number of nitrogens with one attached hydrogen (secondary N) is 1. The van der Waals surface area contributed by atoms with Crippen molar-refractivity contribution in [3.63, 3.8) is 0 Å². The van der Waals surface area contributed by atoms with Crippen molar-refractivity contribution in [3.05, 3.63) is 28.8 Å². The van der Waals surface area contributed by atoms with Crippen molar-refractivity contribution in [1.82, 2.24) is 4.90 Å². The van der Waals surface area contributed by atoms with E-state index in [0.717, 1.165) is 5.75 Å². The summed E-state index contributed by atoms with van der Waals surface area (Å²) in [6.07, 6.45) is 0. The first-order valence-corrected chi connectivity index (χ1v) is 7.87. The predicted molar refractivity (Wildman–Crippen MR) is 85.5 cm³/mol. The Bertz CT molecular complexity index is 577. The van der Waals surface area contributed by atoms with Crippen molar-refractivity contribution >= 4 is 41.1 Å². The first kappa shape index (κ1) is 16.0. The number of urea groups is 1. The fraction of sp³-hybridized carbons (Fsp3) is 0.429. The quantitative estimate of drug-likeness (QED) is 0.873. The van der Waals surface area contributed by atoms with Crippen LogP contribution >= 0.6 is 23.4 Å². The number of carbonyl (C=O) groups is 2. The molecule has 1 aliphatic rings. The van der Waals surface area contributed by atoms with E-state index < -0.39 is 5.97 Å². The van der Waals surface area contributed by atoms with Crippen molar-refractivity contribution in [2.24, 2.45) is 0 Å². The summed E-state index contributed by atoms with van der Waals surface area (Å²) in [5.74, 6) is -0.229. The minimum atomic E-state index is -1.12. The van der Waals surface area contributed by atoms with Gasteiger partial charge in [-0.15, -0.1) is 0 Å². The molecule has 2 amide bonds. The van der Waals surface area contributed by atoms with Gasteiger partial charge in [-0.2, -0.15) is 11.8 Å². The average molecular weight is 329 g/mol. The molecule has 5 nitrogen and oxygen atoms in total. The van der Waals surface area contributed by atoms with E-state index in [1.54, 1.807) is 11.0 Å². The van der Waals surface area contributed by atoms with Crippen LogP contribution in [0.4, 0.5) is 10.5 Å². The van der Waals surface area contributed by atoms with Crippen LogP contribution in [0.25, 0.3) is 0 Å². The van der Waals surface area contributed by atoms with Crippen molar-refractivity contribution in [3.8, 4) is 0 Å². The number of rotatable bonds is 2. The molecule has 0 atom stereocenters. The lowest BCUT2D eigenvalue weighted by Crippen LogP contribution is -2.47. The van der Waals surface area contributed by atoms with Crippen LogP contribution in [-0.4, -0.2) is 45.6 Å². The third-order valence-electron chi connectivity index (χ3n) is 3.16. The summed E-state index contributed by atoms with van der Waals surface area (Å²) in [7, 11) is 0. The lowest BCUT2D eigenvalue weighted by molar-refractivity contribution is 0.0697. The van der Waals surface area contributed by atoms with Crippen LogP contribution in [0.3, 0.4) is 0 Å². The number of nitrogens with zero attached hydrogens (tertiary/aromatic N) is 1. The monoisotopic (exact) mass is 328 g/mol. The minimum absolute atomic E-state index is 0.0241. The third kappa shape index (κ3) is 4.04. The molecule has 0 saturated carbocycles. The summed E-state index contributed by atoms with van der Waals surface area (Å²) in [5, 5.41) is 11.9. The number of thioether (sulfide) groups is 1. The number of amides is 2. The molecule has 1 heterocycles. The normalized spacial score (nSPS) is 17.4. The first-order chi connectivity index (χ1) is 9.78. The van der Waals surface area contributed by atoms with Crippen LogP contribution in [-0.2, 0) is 0 Å². The van der Waals surface area contributed by atoms with Gasteiger partial charge in [0.25, 0.3) is 0 Å². The maximum absolute atomic E-state index is 12.2. The first-order valence-electron chi connectivity index (χ1n) is 6.51. The Morgan fingerprint density at radius 1 is 1.43 bits per heavy atom. The van der Waals surface area contributed by atoms with Gasteiger partial charge < -0.3 is 15.3 Å². The van der Waals surface area contributed by atoms with E-state index in [4.69, 9.17) is 16.7 Å². The molecule has 7 heteroatoms. The molecule has 21 heavy (non-hydrogen) atoms. The summed E-state index contributed by atoms with van der Waals surface area (Å²) in [6, 6.07) is 4.21. The zero-order valence-corrected chi connectivity index (χ0v) is 13.4. The van der Waals surface area contributed by atoms with E-state index in [-0.39, 0.29) is 21.4 Å². The number of anilines is 1. The SMILES string of the molecule is CC1(C)CN(C(=O)Nc2ccc(Cl)c(C(=O)O)c2)CCS1. The second kappa shape index (κ2) is 6.15. The molecular weight excluding hydrogens is 312 g/mol. The predicted octanol–water partition coefficient (Wildman–Crippen LogP) is 3.40. The fourth-order valence-electron chi connectivity index (χ4n) is 2.16. The molecule has 1 aliphatic heterocycles. The highest BCUT2D eigenvalue weighted by atomic mass is 35.5. The van der Waals surface area contributed by atoms with Crippen LogP contribution in [0.15, 0.2) is 18.2 Å². The second-order valence-corrected chi connectivity index (χ2v) is 7.67. The van der Waals surface area contributed by atoms with Gasteiger partial charge in [-0.3, -0.25) is 0 Å². The second-order valence-electron chi connectivity index (χ2n) is 5.46. The summed E-state index contributed by atoms with van der Waals surface area (Å²) >= 11 is 7.65. The summed E-state index contributed by atoms with van der Waals surface area (Å²) in [6.45, 7) is 5.53. The van der Waals surface area contributed by atoms with Crippen LogP contribution in [0.5, 0.6) is 0 Å². The van der Waals surface area contributed by atoms with E-state index in [1.165, 1.54) is 12.1 Å². The van der Waals surface area contributed by atoms with Gasteiger partial charge in [-0.1, -0.05) is 11.6 Å². The minimum Gasteiger partial charge on any atom is -0.478 e. The highest BCUT2D eigenvalue weighted by Gasteiger charge is 2.29. The Labute approximate surface area is 132 Å². The van der Waals surface area contributed by atoms with E-state index in [0.29, 0.717) is 18.8 Å². The fourth-order valence-corrected chi connectivity index (χ4v) is 3.47. The van der Waals surface area contributed by atoms with E-state index in [9.17, 15) is 9.59 Å². The molecule has 1 aromatic rings. The molecule has 0 radical (unpaired) electrons. The van der Waals surface area contributed by atoms with Gasteiger partial charge in [0.05, 0.1) is 10.6 Å². The molecule has 0 bridgehead atoms. The Hall–Kier alpha value is -1.40. The Morgan fingerprint density at radius 2 is 2.14 bits per heavy atom. The number of halogens is 1. The van der Waals surface area contributed by atoms with E-state index >= 15 is 0 Å². The largest absolute Gasteiger partial charge is 0.478 e. The highest BCUT2D eigenvalue weighted by Crippen LogP contribution is 2.30. The number of aromatic carboxylic acids is 1. The average Bonchev–Trinajstić information content (AvgIpc) is 2.39. The van der Waals surface area contributed by atoms with Gasteiger partial charge in [0.2, 0.25) is 0 Å². The van der Waals surface area contributed by atoms with Gasteiger partial charge in [-0.05, 0) is 32.0 Å². The maximum atomic E-state index is 12.2. The summed E-state index contributed by atoms with van der Waals surface area (Å²) < 4.78 is 0.0296. The van der Waals surface area contributed by atoms with Gasteiger partial charge in [0.1, 0.15) is 0 Å². The van der Waals surface area contributed by atoms with Gasteiger partial charge in [0, 0.05) is 29.3 Å². The van der Waals surface area contributed by atoms with Crippen LogP contribution in [0, 0.1) is 0 Å². The van der Waals surface area contributed by atoms with Crippen LogP contribution < -0.4 is 5.32 Å². The topological polar surface area (TPSA) is 69.6 Å². The van der Waals surface area contributed by atoms with E-state index in [1.807, 2.05) is 11.8 Å². The zero-order chi connectivity index (χ0) is 15.6. The van der Waals surface area contributed by atoms with Crippen molar-refractivity contribution in [1.29, 1.82) is 0 Å². The highest BCUT2D eigenvalue weighted by molar-refractivity contribution is 8.00. The van der Waals surface area contributed by atoms with E-state index in [2.05, 4.69) is 19.2 Å².